The Morgan fingerprint density at radius 2 is 2.24 bits per heavy atom. The lowest BCUT2D eigenvalue weighted by Crippen LogP contribution is -2.38. The Kier molecular flexibility index (Phi) is 5.36. The van der Waals surface area contributed by atoms with Crippen molar-refractivity contribution in [1.82, 2.24) is 14.5 Å². The van der Waals surface area contributed by atoms with E-state index in [9.17, 15) is 9.59 Å². The molecule has 1 amide bonds. The van der Waals surface area contributed by atoms with Crippen molar-refractivity contribution in [3.05, 3.63) is 18.7 Å². The zero-order valence-electron chi connectivity index (χ0n) is 12.4. The number of imidazole rings is 1. The van der Waals surface area contributed by atoms with Gasteiger partial charge in [0.15, 0.2) is 0 Å². The molecule has 6 nitrogen and oxygen atoms in total. The Labute approximate surface area is 124 Å². The fraction of sp³-hybridized carbons (Fsp3) is 0.667. The molecule has 1 aliphatic carbocycles. The molecule has 0 bridgehead atoms. The van der Waals surface area contributed by atoms with E-state index in [2.05, 4.69) is 11.9 Å². The maximum atomic E-state index is 12.5. The average molecular weight is 293 g/mol. The first-order valence-corrected chi connectivity index (χ1v) is 7.57. The van der Waals surface area contributed by atoms with Crippen LogP contribution in [0.15, 0.2) is 18.7 Å². The number of rotatable bonds is 9. The second kappa shape index (κ2) is 7.24. The van der Waals surface area contributed by atoms with Crippen LogP contribution in [0.2, 0.25) is 0 Å². The maximum Gasteiger partial charge on any atom is 0.323 e. The number of carbonyl (C=O) groups excluding carboxylic acids is 1. The van der Waals surface area contributed by atoms with Gasteiger partial charge >= 0.3 is 5.97 Å². The molecule has 0 aliphatic heterocycles. The van der Waals surface area contributed by atoms with Crippen molar-refractivity contribution in [2.75, 3.05) is 13.1 Å². The first kappa shape index (κ1) is 15.5. The Morgan fingerprint density at radius 1 is 1.48 bits per heavy atom. The molecular weight excluding hydrogens is 270 g/mol. The van der Waals surface area contributed by atoms with Crippen LogP contribution < -0.4 is 0 Å². The quantitative estimate of drug-likeness (QED) is 0.755. The van der Waals surface area contributed by atoms with Crippen molar-refractivity contribution in [2.24, 2.45) is 5.92 Å². The summed E-state index contributed by atoms with van der Waals surface area (Å²) in [5, 5.41) is 8.98. The Morgan fingerprint density at radius 3 is 2.76 bits per heavy atom. The fourth-order valence-electron chi connectivity index (χ4n) is 2.54. The van der Waals surface area contributed by atoms with Crippen molar-refractivity contribution in [2.45, 2.75) is 45.1 Å². The van der Waals surface area contributed by atoms with Crippen LogP contribution in [0.5, 0.6) is 0 Å². The van der Waals surface area contributed by atoms with Crippen molar-refractivity contribution in [3.63, 3.8) is 0 Å². The zero-order valence-corrected chi connectivity index (χ0v) is 12.4. The Hall–Kier alpha value is -1.85. The third-order valence-electron chi connectivity index (χ3n) is 3.83. The van der Waals surface area contributed by atoms with Crippen molar-refractivity contribution >= 4 is 11.9 Å². The Balaban J connectivity index is 1.98. The summed E-state index contributed by atoms with van der Waals surface area (Å²) in [7, 11) is 0. The van der Waals surface area contributed by atoms with Gasteiger partial charge in [0.05, 0.1) is 6.33 Å². The lowest BCUT2D eigenvalue weighted by Gasteiger charge is -2.24. The van der Waals surface area contributed by atoms with Crippen LogP contribution in [0.3, 0.4) is 0 Å². The third kappa shape index (κ3) is 4.88. The highest BCUT2D eigenvalue weighted by Gasteiger charge is 2.29. The number of amides is 1. The number of hydrogen-bond donors (Lipinski definition) is 1. The molecule has 1 N–H and O–H groups in total. The predicted molar refractivity (Wildman–Crippen MR) is 77.7 cm³/mol. The minimum atomic E-state index is -0.946. The summed E-state index contributed by atoms with van der Waals surface area (Å²) in [6.07, 6.45) is 9.67. The van der Waals surface area contributed by atoms with Gasteiger partial charge in [0.2, 0.25) is 5.91 Å². The van der Waals surface area contributed by atoms with Gasteiger partial charge in [-0.15, -0.1) is 0 Å². The number of nitrogens with zero attached hydrogens (tertiary/aromatic N) is 3. The van der Waals surface area contributed by atoms with E-state index >= 15 is 0 Å². The second-order valence-electron chi connectivity index (χ2n) is 5.77. The molecule has 2 rings (SSSR count). The van der Waals surface area contributed by atoms with E-state index < -0.39 is 5.97 Å². The van der Waals surface area contributed by atoms with Crippen LogP contribution in [-0.4, -0.2) is 44.5 Å². The first-order valence-electron chi connectivity index (χ1n) is 7.57. The van der Waals surface area contributed by atoms with Crippen LogP contribution >= 0.6 is 0 Å². The molecule has 1 fully saturated rings. The summed E-state index contributed by atoms with van der Waals surface area (Å²) in [6, 6.07) is 0.0560. The Bertz CT molecular complexity index is 469. The van der Waals surface area contributed by atoms with Gasteiger partial charge in [-0.1, -0.05) is 13.3 Å². The molecule has 21 heavy (non-hydrogen) atoms. The summed E-state index contributed by atoms with van der Waals surface area (Å²) in [5.74, 6) is -0.527. The summed E-state index contributed by atoms with van der Waals surface area (Å²) in [5.41, 5.74) is 0. The second-order valence-corrected chi connectivity index (χ2v) is 5.77. The third-order valence-corrected chi connectivity index (χ3v) is 3.83. The van der Waals surface area contributed by atoms with Gasteiger partial charge in [-0.3, -0.25) is 9.59 Å². The van der Waals surface area contributed by atoms with Gasteiger partial charge < -0.3 is 14.6 Å². The molecule has 0 radical (unpaired) electrons. The highest BCUT2D eigenvalue weighted by molar-refractivity contribution is 5.81. The summed E-state index contributed by atoms with van der Waals surface area (Å²) < 4.78 is 1.94. The monoisotopic (exact) mass is 293 g/mol. The number of aromatic nitrogens is 2. The molecule has 6 heteroatoms. The molecule has 1 aliphatic rings. The van der Waals surface area contributed by atoms with E-state index in [1.807, 2.05) is 10.8 Å². The number of carbonyl (C=O) groups is 2. The molecule has 0 spiro atoms. The van der Waals surface area contributed by atoms with Gasteiger partial charge in [-0.25, -0.2) is 4.98 Å². The number of hydrogen-bond acceptors (Lipinski definition) is 3. The molecule has 0 saturated heterocycles. The van der Waals surface area contributed by atoms with E-state index in [4.69, 9.17) is 5.11 Å². The van der Waals surface area contributed by atoms with E-state index in [1.54, 1.807) is 12.5 Å². The van der Waals surface area contributed by atoms with Crippen LogP contribution in [-0.2, 0) is 9.59 Å². The SMILES string of the molecule is CCCC(CC(=O)N(CC(=O)O)CC1CC1)n1ccnc1. The van der Waals surface area contributed by atoms with Gasteiger partial charge in [-0.05, 0) is 25.2 Å². The molecule has 116 valence electrons. The van der Waals surface area contributed by atoms with Crippen molar-refractivity contribution in [1.29, 1.82) is 0 Å². The predicted octanol–water partition coefficient (Wildman–Crippen LogP) is 1.94. The van der Waals surface area contributed by atoms with E-state index in [-0.39, 0.29) is 18.5 Å². The summed E-state index contributed by atoms with van der Waals surface area (Å²) in [6.45, 7) is 2.46. The molecule has 1 aromatic rings. The highest BCUT2D eigenvalue weighted by Crippen LogP contribution is 2.30. The first-order chi connectivity index (χ1) is 10.1. The smallest absolute Gasteiger partial charge is 0.323 e. The van der Waals surface area contributed by atoms with Gasteiger partial charge in [0.25, 0.3) is 0 Å². The standard InChI is InChI=1S/C15H23N3O3/c1-2-3-13(17-7-6-16-11-17)8-14(19)18(10-15(20)21)9-12-4-5-12/h6-7,11-13H,2-5,8-10H2,1H3,(H,20,21). The molecule has 1 atom stereocenters. The van der Waals surface area contributed by atoms with Crippen LogP contribution in [0, 0.1) is 5.92 Å². The number of carboxylic acids is 1. The number of aliphatic carboxylic acids is 1. The summed E-state index contributed by atoms with van der Waals surface area (Å²) >= 11 is 0. The summed E-state index contributed by atoms with van der Waals surface area (Å²) in [4.78, 5) is 28.9. The van der Waals surface area contributed by atoms with Crippen LogP contribution in [0.4, 0.5) is 0 Å². The minimum absolute atomic E-state index is 0.0560. The highest BCUT2D eigenvalue weighted by atomic mass is 16.4. The van der Waals surface area contributed by atoms with Crippen molar-refractivity contribution < 1.29 is 14.7 Å². The maximum absolute atomic E-state index is 12.5. The van der Waals surface area contributed by atoms with E-state index in [0.717, 1.165) is 25.7 Å². The largest absolute Gasteiger partial charge is 0.480 e. The fourth-order valence-corrected chi connectivity index (χ4v) is 2.54. The zero-order chi connectivity index (χ0) is 15.2. The lowest BCUT2D eigenvalue weighted by molar-refractivity contribution is -0.145. The topological polar surface area (TPSA) is 75.4 Å². The normalized spacial score (nSPS) is 15.7. The van der Waals surface area contributed by atoms with Gasteiger partial charge in [-0.2, -0.15) is 0 Å². The molecule has 0 aromatic carbocycles. The van der Waals surface area contributed by atoms with Crippen LogP contribution in [0.25, 0.3) is 0 Å². The molecular formula is C15H23N3O3. The van der Waals surface area contributed by atoms with Crippen molar-refractivity contribution in [3.8, 4) is 0 Å². The lowest BCUT2D eigenvalue weighted by atomic mass is 10.1. The molecule has 1 heterocycles. The number of carboxylic acid groups (broad SMARTS) is 1. The molecule has 1 aromatic heterocycles. The average Bonchev–Trinajstić information content (AvgIpc) is 3.07. The van der Waals surface area contributed by atoms with Gasteiger partial charge in [0.1, 0.15) is 6.54 Å². The van der Waals surface area contributed by atoms with Crippen LogP contribution in [0.1, 0.15) is 45.1 Å². The molecule has 1 unspecified atom stereocenters. The van der Waals surface area contributed by atoms with Gasteiger partial charge in [0, 0.05) is 31.4 Å². The van der Waals surface area contributed by atoms with E-state index in [0.29, 0.717) is 18.9 Å². The molecule has 1 saturated carbocycles. The van der Waals surface area contributed by atoms with E-state index in [1.165, 1.54) is 4.90 Å². The minimum Gasteiger partial charge on any atom is -0.480 e.